The quantitative estimate of drug-likeness (QED) is 0.717. The average molecular weight is 238 g/mol. The summed E-state index contributed by atoms with van der Waals surface area (Å²) in [7, 11) is 0. The van der Waals surface area contributed by atoms with Gasteiger partial charge in [-0.25, -0.2) is 13.2 Å². The zero-order valence-electron chi connectivity index (χ0n) is 8.86. The van der Waals surface area contributed by atoms with Crippen molar-refractivity contribution in [2.75, 3.05) is 5.73 Å². The number of nitrogens with zero attached hydrogens (tertiary/aromatic N) is 1. The van der Waals surface area contributed by atoms with Crippen LogP contribution in [0.25, 0.3) is 10.9 Å². The lowest BCUT2D eigenvalue weighted by molar-refractivity contribution is 0.453. The van der Waals surface area contributed by atoms with Crippen molar-refractivity contribution in [1.82, 2.24) is 4.98 Å². The fourth-order valence-corrected chi connectivity index (χ4v) is 2.36. The van der Waals surface area contributed by atoms with E-state index in [0.717, 1.165) is 30.2 Å². The van der Waals surface area contributed by atoms with E-state index in [1.165, 1.54) is 0 Å². The van der Waals surface area contributed by atoms with Crippen LogP contribution in [0.5, 0.6) is 0 Å². The summed E-state index contributed by atoms with van der Waals surface area (Å²) in [6.45, 7) is 0. The number of hydrogen-bond donors (Lipinski definition) is 1. The highest BCUT2D eigenvalue weighted by Crippen LogP contribution is 2.34. The Balaban J connectivity index is 2.48. The minimum absolute atomic E-state index is 0.0829. The molecule has 17 heavy (non-hydrogen) atoms. The zero-order valence-corrected chi connectivity index (χ0v) is 8.86. The van der Waals surface area contributed by atoms with Crippen LogP contribution < -0.4 is 5.73 Å². The molecular formula is C12H9F3N2. The molecule has 1 aliphatic rings. The summed E-state index contributed by atoms with van der Waals surface area (Å²) in [5, 5.41) is -0.107. The highest BCUT2D eigenvalue weighted by Gasteiger charge is 2.23. The molecule has 0 fully saturated rings. The molecule has 2 nitrogen and oxygen atoms in total. The first-order valence-electron chi connectivity index (χ1n) is 5.34. The second kappa shape index (κ2) is 3.35. The van der Waals surface area contributed by atoms with E-state index in [-0.39, 0.29) is 16.6 Å². The molecule has 1 aromatic carbocycles. The van der Waals surface area contributed by atoms with Gasteiger partial charge < -0.3 is 5.73 Å². The first-order valence-corrected chi connectivity index (χ1v) is 5.34. The molecule has 1 aliphatic carbocycles. The maximum atomic E-state index is 13.7. The SMILES string of the molecule is Nc1c2c(nc3cc(F)c(F)c(F)c13)CCC2. The monoisotopic (exact) mass is 238 g/mol. The van der Waals surface area contributed by atoms with Crippen molar-refractivity contribution in [2.45, 2.75) is 19.3 Å². The zero-order chi connectivity index (χ0) is 12.2. The number of anilines is 1. The van der Waals surface area contributed by atoms with Gasteiger partial charge in [0.05, 0.1) is 10.9 Å². The van der Waals surface area contributed by atoms with Gasteiger partial charge in [0, 0.05) is 17.4 Å². The van der Waals surface area contributed by atoms with Gasteiger partial charge in [0.15, 0.2) is 17.5 Å². The average Bonchev–Trinajstić information content (AvgIpc) is 2.74. The number of hydrogen-bond acceptors (Lipinski definition) is 2. The number of aryl methyl sites for hydroxylation is 1. The standard InChI is InChI=1S/C12H9F3N2/c13-6-4-8-9(11(15)10(6)14)12(16)5-2-1-3-7(5)17-8/h4H,1-3H2,(H2,16,17). The third kappa shape index (κ3) is 1.31. The Labute approximate surface area is 95.3 Å². The predicted octanol–water partition coefficient (Wildman–Crippen LogP) is 2.72. The highest BCUT2D eigenvalue weighted by atomic mass is 19.2. The van der Waals surface area contributed by atoms with Gasteiger partial charge in [-0.05, 0) is 24.8 Å². The van der Waals surface area contributed by atoms with Crippen LogP contribution in [-0.2, 0) is 12.8 Å². The van der Waals surface area contributed by atoms with Crippen molar-refractivity contribution in [1.29, 1.82) is 0 Å². The summed E-state index contributed by atoms with van der Waals surface area (Å²) >= 11 is 0. The van der Waals surface area contributed by atoms with Gasteiger partial charge >= 0.3 is 0 Å². The van der Waals surface area contributed by atoms with Crippen molar-refractivity contribution < 1.29 is 13.2 Å². The van der Waals surface area contributed by atoms with Gasteiger partial charge in [-0.2, -0.15) is 0 Å². The van der Waals surface area contributed by atoms with E-state index in [2.05, 4.69) is 4.98 Å². The van der Waals surface area contributed by atoms with E-state index >= 15 is 0 Å². The molecular weight excluding hydrogens is 229 g/mol. The van der Waals surface area contributed by atoms with Gasteiger partial charge in [0.1, 0.15) is 0 Å². The minimum Gasteiger partial charge on any atom is -0.398 e. The number of nitrogens with two attached hydrogens (primary N) is 1. The summed E-state index contributed by atoms with van der Waals surface area (Å²) in [4.78, 5) is 4.15. The van der Waals surface area contributed by atoms with E-state index in [9.17, 15) is 13.2 Å². The molecule has 0 saturated carbocycles. The maximum absolute atomic E-state index is 13.7. The van der Waals surface area contributed by atoms with Crippen LogP contribution >= 0.6 is 0 Å². The topological polar surface area (TPSA) is 38.9 Å². The molecule has 0 spiro atoms. The highest BCUT2D eigenvalue weighted by molar-refractivity contribution is 5.93. The summed E-state index contributed by atoms with van der Waals surface area (Å²) in [5.74, 6) is -3.98. The van der Waals surface area contributed by atoms with Crippen LogP contribution in [-0.4, -0.2) is 4.98 Å². The second-order valence-corrected chi connectivity index (χ2v) is 4.18. The molecule has 2 aromatic rings. The molecule has 88 valence electrons. The van der Waals surface area contributed by atoms with Crippen molar-refractivity contribution in [2.24, 2.45) is 0 Å². The Kier molecular flexibility index (Phi) is 2.05. The van der Waals surface area contributed by atoms with Gasteiger partial charge in [-0.1, -0.05) is 0 Å². The Morgan fingerprint density at radius 1 is 1.12 bits per heavy atom. The van der Waals surface area contributed by atoms with Crippen LogP contribution in [0, 0.1) is 17.5 Å². The largest absolute Gasteiger partial charge is 0.398 e. The number of fused-ring (bicyclic) bond motifs is 2. The van der Waals surface area contributed by atoms with Crippen LogP contribution in [0.15, 0.2) is 6.07 Å². The summed E-state index contributed by atoms with van der Waals surface area (Å²) in [5.41, 5.74) is 7.63. The van der Waals surface area contributed by atoms with Crippen LogP contribution in [0.3, 0.4) is 0 Å². The Morgan fingerprint density at radius 2 is 1.88 bits per heavy atom. The molecule has 0 radical (unpaired) electrons. The lowest BCUT2D eigenvalue weighted by atomic mass is 10.1. The van der Waals surface area contributed by atoms with E-state index in [1.807, 2.05) is 0 Å². The predicted molar refractivity (Wildman–Crippen MR) is 58.1 cm³/mol. The number of rotatable bonds is 0. The van der Waals surface area contributed by atoms with Gasteiger partial charge in [0.2, 0.25) is 0 Å². The molecule has 5 heteroatoms. The van der Waals surface area contributed by atoms with Gasteiger partial charge in [-0.3, -0.25) is 4.98 Å². The number of halogens is 3. The summed E-state index contributed by atoms with van der Waals surface area (Å²) < 4.78 is 39.9. The molecule has 0 amide bonds. The van der Waals surface area contributed by atoms with Crippen molar-refractivity contribution in [3.8, 4) is 0 Å². The fourth-order valence-electron chi connectivity index (χ4n) is 2.36. The summed E-state index contributed by atoms with van der Waals surface area (Å²) in [6, 6.07) is 0.892. The molecule has 1 heterocycles. The van der Waals surface area contributed by atoms with Gasteiger partial charge in [0.25, 0.3) is 0 Å². The van der Waals surface area contributed by atoms with Crippen LogP contribution in [0.2, 0.25) is 0 Å². The van der Waals surface area contributed by atoms with Crippen LogP contribution in [0.4, 0.5) is 18.9 Å². The third-order valence-corrected chi connectivity index (χ3v) is 3.18. The minimum atomic E-state index is -1.50. The lowest BCUT2D eigenvalue weighted by Crippen LogP contribution is -2.03. The molecule has 1 aromatic heterocycles. The number of aromatic nitrogens is 1. The van der Waals surface area contributed by atoms with Crippen LogP contribution in [0.1, 0.15) is 17.7 Å². The first kappa shape index (κ1) is 10.4. The normalized spacial score (nSPS) is 14.3. The molecule has 0 atom stereocenters. The summed E-state index contributed by atoms with van der Waals surface area (Å²) in [6.07, 6.45) is 2.34. The number of pyridine rings is 1. The lowest BCUT2D eigenvalue weighted by Gasteiger charge is -2.09. The van der Waals surface area contributed by atoms with E-state index in [1.54, 1.807) is 0 Å². The smallest absolute Gasteiger partial charge is 0.195 e. The number of benzene rings is 1. The molecule has 0 bridgehead atoms. The fraction of sp³-hybridized carbons (Fsp3) is 0.250. The molecule has 0 saturated heterocycles. The third-order valence-electron chi connectivity index (χ3n) is 3.18. The Morgan fingerprint density at radius 3 is 2.65 bits per heavy atom. The molecule has 0 unspecified atom stereocenters. The Bertz CT molecular complexity index is 638. The van der Waals surface area contributed by atoms with Gasteiger partial charge in [-0.15, -0.1) is 0 Å². The van der Waals surface area contributed by atoms with E-state index in [4.69, 9.17) is 5.73 Å². The van der Waals surface area contributed by atoms with Crippen molar-refractivity contribution >= 4 is 16.6 Å². The van der Waals surface area contributed by atoms with Crippen molar-refractivity contribution in [3.05, 3.63) is 34.8 Å². The maximum Gasteiger partial charge on any atom is 0.195 e. The molecule has 2 N–H and O–H groups in total. The van der Waals surface area contributed by atoms with E-state index < -0.39 is 17.5 Å². The van der Waals surface area contributed by atoms with Crippen molar-refractivity contribution in [3.63, 3.8) is 0 Å². The van der Waals surface area contributed by atoms with E-state index in [0.29, 0.717) is 6.42 Å². The first-order chi connectivity index (χ1) is 8.09. The molecule has 3 rings (SSSR count). The Hall–Kier alpha value is -1.78. The molecule has 0 aliphatic heterocycles. The number of nitrogen functional groups attached to an aromatic ring is 1. The second-order valence-electron chi connectivity index (χ2n) is 4.18.